The molecule has 0 atom stereocenters. The minimum Gasteiger partial charge on any atom is -0.491 e. The van der Waals surface area contributed by atoms with Crippen LogP contribution in [0.1, 0.15) is 36.2 Å². The molecule has 0 aliphatic rings. The van der Waals surface area contributed by atoms with E-state index in [4.69, 9.17) is 9.15 Å². The SMILES string of the molecule is CC(C)Oc1ccc(C(=O)N(CCCNc2cc(=O)oc3ccccc23)Cc2ccccc2)cc1. The summed E-state index contributed by atoms with van der Waals surface area (Å²) in [7, 11) is 0. The molecule has 3 aromatic carbocycles. The van der Waals surface area contributed by atoms with Gasteiger partial charge in [0.05, 0.1) is 11.8 Å². The van der Waals surface area contributed by atoms with Gasteiger partial charge in [-0.2, -0.15) is 0 Å². The average Bonchev–Trinajstić information content (AvgIpc) is 2.86. The molecule has 0 aliphatic heterocycles. The number of hydrogen-bond donors (Lipinski definition) is 1. The molecule has 0 unspecified atom stereocenters. The minimum absolute atomic E-state index is 0.0317. The number of ether oxygens (including phenoxy) is 1. The van der Waals surface area contributed by atoms with E-state index in [1.165, 1.54) is 6.07 Å². The summed E-state index contributed by atoms with van der Waals surface area (Å²) in [6, 6.07) is 26.2. The van der Waals surface area contributed by atoms with E-state index in [0.717, 1.165) is 22.4 Å². The number of nitrogens with zero attached hydrogens (tertiary/aromatic N) is 1. The van der Waals surface area contributed by atoms with Gasteiger partial charge in [-0.05, 0) is 62.2 Å². The Morgan fingerprint density at radius 2 is 1.69 bits per heavy atom. The Balaban J connectivity index is 1.44. The molecule has 0 saturated carbocycles. The Morgan fingerprint density at radius 3 is 2.43 bits per heavy atom. The monoisotopic (exact) mass is 470 g/mol. The molecule has 1 amide bonds. The van der Waals surface area contributed by atoms with Crippen LogP contribution in [0, 0.1) is 0 Å². The first-order valence-electron chi connectivity index (χ1n) is 11.9. The van der Waals surface area contributed by atoms with E-state index in [2.05, 4.69) is 5.32 Å². The summed E-state index contributed by atoms with van der Waals surface area (Å²) in [5.74, 6) is 0.714. The normalized spacial score (nSPS) is 10.9. The van der Waals surface area contributed by atoms with Crippen LogP contribution in [0.2, 0.25) is 0 Å². The largest absolute Gasteiger partial charge is 0.491 e. The fourth-order valence-electron chi connectivity index (χ4n) is 3.94. The number of carbonyl (C=O) groups is 1. The molecule has 0 radical (unpaired) electrons. The van der Waals surface area contributed by atoms with E-state index in [9.17, 15) is 9.59 Å². The van der Waals surface area contributed by atoms with Gasteiger partial charge in [0.25, 0.3) is 5.91 Å². The molecule has 0 bridgehead atoms. The summed E-state index contributed by atoms with van der Waals surface area (Å²) in [6.07, 6.45) is 0.786. The number of hydrogen-bond acceptors (Lipinski definition) is 5. The molecule has 4 rings (SSSR count). The van der Waals surface area contributed by atoms with Gasteiger partial charge in [0.15, 0.2) is 0 Å². The third kappa shape index (κ3) is 6.51. The van der Waals surface area contributed by atoms with E-state index in [1.807, 2.05) is 91.5 Å². The molecule has 0 fully saturated rings. The van der Waals surface area contributed by atoms with Gasteiger partial charge in [-0.3, -0.25) is 4.79 Å². The average molecular weight is 471 g/mol. The van der Waals surface area contributed by atoms with Gasteiger partial charge in [0.1, 0.15) is 11.3 Å². The van der Waals surface area contributed by atoms with Gasteiger partial charge in [0, 0.05) is 36.7 Å². The molecular formula is C29H30N2O4. The Kier molecular flexibility index (Phi) is 7.83. The van der Waals surface area contributed by atoms with Crippen molar-refractivity contribution in [2.24, 2.45) is 0 Å². The highest BCUT2D eigenvalue weighted by atomic mass is 16.5. The highest BCUT2D eigenvalue weighted by Gasteiger charge is 2.16. The van der Waals surface area contributed by atoms with E-state index in [1.54, 1.807) is 6.07 Å². The van der Waals surface area contributed by atoms with Gasteiger partial charge in [0.2, 0.25) is 0 Å². The van der Waals surface area contributed by atoms with E-state index < -0.39 is 5.63 Å². The number of nitrogens with one attached hydrogen (secondary N) is 1. The van der Waals surface area contributed by atoms with Crippen LogP contribution in [0.5, 0.6) is 5.75 Å². The van der Waals surface area contributed by atoms with Crippen molar-refractivity contribution in [1.29, 1.82) is 0 Å². The molecule has 6 heteroatoms. The van der Waals surface area contributed by atoms with E-state index in [-0.39, 0.29) is 12.0 Å². The van der Waals surface area contributed by atoms with Crippen molar-refractivity contribution in [3.05, 3.63) is 106 Å². The maximum Gasteiger partial charge on any atom is 0.338 e. The predicted molar refractivity (Wildman–Crippen MR) is 139 cm³/mol. The van der Waals surface area contributed by atoms with Gasteiger partial charge in [-0.15, -0.1) is 0 Å². The number of anilines is 1. The maximum atomic E-state index is 13.4. The zero-order valence-corrected chi connectivity index (χ0v) is 20.1. The molecule has 0 aliphatic carbocycles. The molecule has 4 aromatic rings. The fourth-order valence-corrected chi connectivity index (χ4v) is 3.94. The molecule has 6 nitrogen and oxygen atoms in total. The maximum absolute atomic E-state index is 13.4. The van der Waals surface area contributed by atoms with Crippen molar-refractivity contribution in [1.82, 2.24) is 4.90 Å². The van der Waals surface area contributed by atoms with Crippen molar-refractivity contribution < 1.29 is 13.9 Å². The van der Waals surface area contributed by atoms with Crippen LogP contribution in [0.4, 0.5) is 5.69 Å². The third-order valence-electron chi connectivity index (χ3n) is 5.55. The zero-order chi connectivity index (χ0) is 24.6. The second kappa shape index (κ2) is 11.4. The first kappa shape index (κ1) is 24.1. The number of benzene rings is 3. The van der Waals surface area contributed by atoms with Gasteiger partial charge in [-0.1, -0.05) is 42.5 Å². The minimum atomic E-state index is -0.392. The van der Waals surface area contributed by atoms with Gasteiger partial charge < -0.3 is 19.4 Å². The Bertz CT molecular complexity index is 1310. The van der Waals surface area contributed by atoms with Crippen LogP contribution in [0.3, 0.4) is 0 Å². The lowest BCUT2D eigenvalue weighted by Gasteiger charge is -2.23. The summed E-state index contributed by atoms with van der Waals surface area (Å²) < 4.78 is 11.0. The quantitative estimate of drug-likeness (QED) is 0.237. The molecule has 1 heterocycles. The summed E-state index contributed by atoms with van der Waals surface area (Å²) in [5, 5.41) is 4.19. The molecule has 180 valence electrons. The summed E-state index contributed by atoms with van der Waals surface area (Å²) >= 11 is 0. The topological polar surface area (TPSA) is 71.8 Å². The van der Waals surface area contributed by atoms with Crippen LogP contribution >= 0.6 is 0 Å². The van der Waals surface area contributed by atoms with Crippen molar-refractivity contribution in [2.45, 2.75) is 32.9 Å². The standard InChI is InChI=1S/C29H30N2O4/c1-21(2)34-24-15-13-23(14-16-24)29(33)31(20-22-9-4-3-5-10-22)18-8-17-30-26-19-28(32)35-27-12-7-6-11-25(26)27/h3-7,9-16,19,21,30H,8,17-18,20H2,1-2H3. The molecule has 35 heavy (non-hydrogen) atoms. The predicted octanol–water partition coefficient (Wildman–Crippen LogP) is 5.72. The number of para-hydroxylation sites is 1. The van der Waals surface area contributed by atoms with E-state index >= 15 is 0 Å². The molecule has 1 aromatic heterocycles. The smallest absolute Gasteiger partial charge is 0.338 e. The lowest BCUT2D eigenvalue weighted by atomic mass is 10.1. The van der Waals surface area contributed by atoms with Gasteiger partial charge >= 0.3 is 5.63 Å². The van der Waals surface area contributed by atoms with Crippen LogP contribution in [-0.2, 0) is 6.54 Å². The summed E-state index contributed by atoms with van der Waals surface area (Å²) in [4.78, 5) is 27.1. The van der Waals surface area contributed by atoms with Crippen LogP contribution in [0.25, 0.3) is 11.0 Å². The van der Waals surface area contributed by atoms with Crippen molar-refractivity contribution in [3.8, 4) is 5.75 Å². The summed E-state index contributed by atoms with van der Waals surface area (Å²) in [5.41, 5.74) is 2.58. The van der Waals surface area contributed by atoms with Crippen molar-refractivity contribution >= 4 is 22.6 Å². The molecule has 0 saturated heterocycles. The number of fused-ring (bicyclic) bond motifs is 1. The second-order valence-electron chi connectivity index (χ2n) is 8.66. The van der Waals surface area contributed by atoms with Crippen molar-refractivity contribution in [3.63, 3.8) is 0 Å². The van der Waals surface area contributed by atoms with Gasteiger partial charge in [-0.25, -0.2) is 4.79 Å². The number of carbonyl (C=O) groups excluding carboxylic acids is 1. The van der Waals surface area contributed by atoms with Crippen LogP contribution in [-0.4, -0.2) is 30.0 Å². The zero-order valence-electron chi connectivity index (χ0n) is 20.1. The number of rotatable bonds is 10. The highest BCUT2D eigenvalue weighted by Crippen LogP contribution is 2.21. The van der Waals surface area contributed by atoms with E-state index in [0.29, 0.717) is 37.2 Å². The lowest BCUT2D eigenvalue weighted by molar-refractivity contribution is 0.0742. The summed E-state index contributed by atoms with van der Waals surface area (Å²) in [6.45, 7) is 5.62. The van der Waals surface area contributed by atoms with Crippen LogP contribution < -0.4 is 15.7 Å². The van der Waals surface area contributed by atoms with Crippen LogP contribution in [0.15, 0.2) is 94.1 Å². The first-order chi connectivity index (χ1) is 17.0. The highest BCUT2D eigenvalue weighted by molar-refractivity contribution is 5.94. The van der Waals surface area contributed by atoms with Crippen molar-refractivity contribution in [2.75, 3.05) is 18.4 Å². The third-order valence-corrected chi connectivity index (χ3v) is 5.55. The number of amides is 1. The first-order valence-corrected chi connectivity index (χ1v) is 11.9. The lowest BCUT2D eigenvalue weighted by Crippen LogP contribution is -2.32. The molecule has 0 spiro atoms. The fraction of sp³-hybridized carbons (Fsp3) is 0.241. The Hall–Kier alpha value is -4.06. The Labute approximate surface area is 205 Å². The second-order valence-corrected chi connectivity index (χ2v) is 8.66. The molecule has 1 N–H and O–H groups in total. The molecular weight excluding hydrogens is 440 g/mol. The Morgan fingerprint density at radius 1 is 0.971 bits per heavy atom.